The summed E-state index contributed by atoms with van der Waals surface area (Å²) in [5.41, 5.74) is 0.850. The van der Waals surface area contributed by atoms with Gasteiger partial charge in [-0.2, -0.15) is 0 Å². The largest absolute Gasteiger partial charge is 0.294 e. The van der Waals surface area contributed by atoms with Gasteiger partial charge in [-0.15, -0.1) is 0 Å². The number of ketones is 1. The zero-order valence-corrected chi connectivity index (χ0v) is 12.3. The fourth-order valence-electron chi connectivity index (χ4n) is 2.36. The molecule has 0 amide bonds. The third-order valence-electron chi connectivity index (χ3n) is 3.49. The number of carbonyl (C=O) groups is 1. The number of rotatable bonds is 4. The van der Waals surface area contributed by atoms with Crippen LogP contribution in [0, 0.1) is 5.92 Å². The standard InChI is InChI=1S/C16H17BrO/c1-3-11(4-2)16(18)14-9-10-15(17)13-8-6-5-7-12(13)14/h5-11H,3-4H2,1-2H3. The van der Waals surface area contributed by atoms with Gasteiger partial charge in [-0.05, 0) is 35.7 Å². The Labute approximate surface area is 116 Å². The summed E-state index contributed by atoms with van der Waals surface area (Å²) in [6.07, 6.45) is 1.81. The number of hydrogen-bond acceptors (Lipinski definition) is 1. The van der Waals surface area contributed by atoms with Gasteiger partial charge >= 0.3 is 0 Å². The van der Waals surface area contributed by atoms with E-state index in [4.69, 9.17) is 0 Å². The van der Waals surface area contributed by atoms with Gasteiger partial charge in [-0.25, -0.2) is 0 Å². The van der Waals surface area contributed by atoms with Crippen molar-refractivity contribution in [1.29, 1.82) is 0 Å². The molecule has 2 rings (SSSR count). The third-order valence-corrected chi connectivity index (χ3v) is 4.18. The molecule has 0 aliphatic rings. The first-order chi connectivity index (χ1) is 8.69. The number of benzene rings is 2. The quantitative estimate of drug-likeness (QED) is 0.708. The molecule has 94 valence electrons. The second kappa shape index (κ2) is 5.66. The first kappa shape index (κ1) is 13.3. The number of fused-ring (bicyclic) bond motifs is 1. The van der Waals surface area contributed by atoms with E-state index in [1.54, 1.807) is 0 Å². The first-order valence-corrected chi connectivity index (χ1v) is 7.19. The van der Waals surface area contributed by atoms with Crippen molar-refractivity contribution in [1.82, 2.24) is 0 Å². The Morgan fingerprint density at radius 2 is 1.67 bits per heavy atom. The highest BCUT2D eigenvalue weighted by atomic mass is 79.9. The third kappa shape index (κ3) is 2.35. The van der Waals surface area contributed by atoms with E-state index in [-0.39, 0.29) is 11.7 Å². The minimum Gasteiger partial charge on any atom is -0.294 e. The van der Waals surface area contributed by atoms with Crippen molar-refractivity contribution in [3.05, 3.63) is 46.4 Å². The van der Waals surface area contributed by atoms with E-state index in [0.717, 1.165) is 33.7 Å². The molecule has 0 bridgehead atoms. The van der Waals surface area contributed by atoms with Crippen molar-refractivity contribution in [2.45, 2.75) is 26.7 Å². The summed E-state index contributed by atoms with van der Waals surface area (Å²) in [6.45, 7) is 4.15. The lowest BCUT2D eigenvalue weighted by atomic mass is 9.90. The van der Waals surface area contributed by atoms with Gasteiger partial charge < -0.3 is 0 Å². The van der Waals surface area contributed by atoms with Crippen LogP contribution in [0.4, 0.5) is 0 Å². The predicted molar refractivity (Wildman–Crippen MR) is 80.1 cm³/mol. The molecule has 0 fully saturated rings. The molecule has 0 heterocycles. The van der Waals surface area contributed by atoms with Gasteiger partial charge in [0.15, 0.2) is 5.78 Å². The fourth-order valence-corrected chi connectivity index (χ4v) is 2.83. The Balaban J connectivity index is 2.58. The van der Waals surface area contributed by atoms with Gasteiger partial charge in [0, 0.05) is 16.0 Å². The maximum absolute atomic E-state index is 12.5. The molecule has 0 spiro atoms. The highest BCUT2D eigenvalue weighted by Crippen LogP contribution is 2.29. The van der Waals surface area contributed by atoms with Crippen LogP contribution in [0.2, 0.25) is 0 Å². The smallest absolute Gasteiger partial charge is 0.166 e. The van der Waals surface area contributed by atoms with E-state index < -0.39 is 0 Å². The molecule has 0 atom stereocenters. The van der Waals surface area contributed by atoms with Crippen molar-refractivity contribution < 1.29 is 4.79 Å². The summed E-state index contributed by atoms with van der Waals surface area (Å²) >= 11 is 3.54. The van der Waals surface area contributed by atoms with E-state index in [0.29, 0.717) is 0 Å². The second-order valence-corrected chi connectivity index (χ2v) is 5.37. The summed E-state index contributed by atoms with van der Waals surface area (Å²) in [5.74, 6) is 0.401. The first-order valence-electron chi connectivity index (χ1n) is 6.40. The van der Waals surface area contributed by atoms with Gasteiger partial charge in [0.2, 0.25) is 0 Å². The summed E-state index contributed by atoms with van der Waals surface area (Å²) < 4.78 is 1.04. The summed E-state index contributed by atoms with van der Waals surface area (Å²) in [5, 5.41) is 2.15. The summed E-state index contributed by atoms with van der Waals surface area (Å²) in [7, 11) is 0. The van der Waals surface area contributed by atoms with Crippen LogP contribution >= 0.6 is 15.9 Å². The number of hydrogen-bond donors (Lipinski definition) is 0. The highest BCUT2D eigenvalue weighted by Gasteiger charge is 2.18. The van der Waals surface area contributed by atoms with E-state index >= 15 is 0 Å². The molecule has 0 radical (unpaired) electrons. The van der Waals surface area contributed by atoms with Crippen LogP contribution in [0.25, 0.3) is 10.8 Å². The molecule has 2 aromatic carbocycles. The Morgan fingerprint density at radius 3 is 2.28 bits per heavy atom. The maximum atomic E-state index is 12.5. The Morgan fingerprint density at radius 1 is 1.06 bits per heavy atom. The van der Waals surface area contributed by atoms with Crippen molar-refractivity contribution in [3.8, 4) is 0 Å². The Hall–Kier alpha value is -1.15. The monoisotopic (exact) mass is 304 g/mol. The molecular formula is C16H17BrO. The lowest BCUT2D eigenvalue weighted by Gasteiger charge is -2.13. The zero-order chi connectivity index (χ0) is 13.1. The maximum Gasteiger partial charge on any atom is 0.166 e. The lowest BCUT2D eigenvalue weighted by Crippen LogP contribution is -2.13. The average Bonchev–Trinajstić information content (AvgIpc) is 2.41. The molecule has 0 aromatic heterocycles. The van der Waals surface area contributed by atoms with E-state index in [9.17, 15) is 4.79 Å². The molecular weight excluding hydrogens is 288 g/mol. The van der Waals surface area contributed by atoms with Crippen LogP contribution < -0.4 is 0 Å². The SMILES string of the molecule is CCC(CC)C(=O)c1ccc(Br)c2ccccc12. The Kier molecular flexibility index (Phi) is 4.18. The van der Waals surface area contributed by atoms with Gasteiger partial charge in [0.05, 0.1) is 0 Å². The normalized spacial score (nSPS) is 11.1. The lowest BCUT2D eigenvalue weighted by molar-refractivity contribution is 0.0915. The van der Waals surface area contributed by atoms with Crippen LogP contribution in [0.5, 0.6) is 0 Å². The molecule has 1 nitrogen and oxygen atoms in total. The number of halogens is 1. The van der Waals surface area contributed by atoms with Gasteiger partial charge in [0.1, 0.15) is 0 Å². The summed E-state index contributed by atoms with van der Waals surface area (Å²) in [4.78, 5) is 12.5. The van der Waals surface area contributed by atoms with E-state index in [1.807, 2.05) is 36.4 Å². The van der Waals surface area contributed by atoms with Crippen LogP contribution in [-0.2, 0) is 0 Å². The second-order valence-electron chi connectivity index (χ2n) is 4.52. The van der Waals surface area contributed by atoms with Gasteiger partial charge in [0.25, 0.3) is 0 Å². The van der Waals surface area contributed by atoms with Gasteiger partial charge in [-0.1, -0.05) is 54.0 Å². The molecule has 0 aliphatic carbocycles. The van der Waals surface area contributed by atoms with Crippen molar-refractivity contribution in [2.75, 3.05) is 0 Å². The molecule has 2 heteroatoms. The Bertz CT molecular complexity index is 570. The predicted octanol–water partition coefficient (Wildman–Crippen LogP) is 5.22. The van der Waals surface area contributed by atoms with Crippen LogP contribution in [-0.4, -0.2) is 5.78 Å². The number of Topliss-reactive ketones (excluding diaryl/α,β-unsaturated/α-hetero) is 1. The van der Waals surface area contributed by atoms with Crippen molar-refractivity contribution in [2.24, 2.45) is 5.92 Å². The van der Waals surface area contributed by atoms with Gasteiger partial charge in [-0.3, -0.25) is 4.79 Å². The zero-order valence-electron chi connectivity index (χ0n) is 10.7. The topological polar surface area (TPSA) is 17.1 Å². The van der Waals surface area contributed by atoms with Crippen molar-refractivity contribution in [3.63, 3.8) is 0 Å². The van der Waals surface area contributed by atoms with E-state index in [2.05, 4.69) is 29.8 Å². The molecule has 18 heavy (non-hydrogen) atoms. The fraction of sp³-hybridized carbons (Fsp3) is 0.312. The number of carbonyl (C=O) groups excluding carboxylic acids is 1. The molecule has 0 saturated heterocycles. The van der Waals surface area contributed by atoms with Crippen LogP contribution in [0.15, 0.2) is 40.9 Å². The summed E-state index contributed by atoms with van der Waals surface area (Å²) in [6, 6.07) is 12.0. The van der Waals surface area contributed by atoms with Crippen molar-refractivity contribution >= 4 is 32.5 Å². The van der Waals surface area contributed by atoms with E-state index in [1.165, 1.54) is 0 Å². The molecule has 2 aromatic rings. The van der Waals surface area contributed by atoms with Crippen LogP contribution in [0.1, 0.15) is 37.0 Å². The van der Waals surface area contributed by atoms with Crippen LogP contribution in [0.3, 0.4) is 0 Å². The molecule has 0 saturated carbocycles. The minimum atomic E-state index is 0.134. The molecule has 0 aliphatic heterocycles. The molecule has 0 N–H and O–H groups in total. The minimum absolute atomic E-state index is 0.134. The average molecular weight is 305 g/mol. The molecule has 0 unspecified atom stereocenters. The highest BCUT2D eigenvalue weighted by molar-refractivity contribution is 9.10.